The molecule has 0 radical (unpaired) electrons. The Morgan fingerprint density at radius 1 is 0.536 bits per heavy atom. The second-order valence-corrected chi connectivity index (χ2v) is 6.79. The van der Waals surface area contributed by atoms with Gasteiger partial charge in [0.15, 0.2) is 0 Å². The zero-order chi connectivity index (χ0) is 19.3. The predicted molar refractivity (Wildman–Crippen MR) is 114 cm³/mol. The van der Waals surface area contributed by atoms with Gasteiger partial charge in [-0.1, -0.05) is 70.8 Å². The maximum Gasteiger partial charge on any atom is -0.0253 e. The minimum Gasteiger partial charge on any atom is -0.179 e. The topological polar surface area (TPSA) is 0 Å². The van der Waals surface area contributed by atoms with E-state index in [0.29, 0.717) is 0 Å². The molecular formula is C27H20Hf. The van der Waals surface area contributed by atoms with Crippen LogP contribution >= 0.6 is 0 Å². The molecular weight excluding hydrogens is 503 g/mol. The Morgan fingerprint density at radius 2 is 0.929 bits per heavy atom. The summed E-state index contributed by atoms with van der Waals surface area (Å²) < 4.78 is 3.39. The Balaban J connectivity index is 0.000000126. The molecule has 0 atom stereocenters. The molecule has 0 heterocycles. The zero-order valence-electron chi connectivity index (χ0n) is 15.7. The molecule has 0 N–H and O–H groups in total. The second kappa shape index (κ2) is 8.75. The Labute approximate surface area is 181 Å². The van der Waals surface area contributed by atoms with E-state index in [9.17, 15) is 0 Å². The van der Waals surface area contributed by atoms with E-state index in [0.717, 1.165) is 36.7 Å². The van der Waals surface area contributed by atoms with E-state index in [2.05, 4.69) is 89.2 Å². The molecule has 2 aliphatic rings. The average molecular weight is 523 g/mol. The van der Waals surface area contributed by atoms with Gasteiger partial charge >= 0.3 is 28.2 Å². The number of rotatable bonds is 0. The van der Waals surface area contributed by atoms with E-state index < -0.39 is 0 Å². The van der Waals surface area contributed by atoms with Gasteiger partial charge in [0.05, 0.1) is 0 Å². The molecule has 0 amide bonds. The van der Waals surface area contributed by atoms with Gasteiger partial charge in [-0.05, 0) is 12.8 Å². The standard InChI is InChI=1S/2C13H9.CH2.Hf/c2*1-3-7-12-10(5-1)9-11-6-2-4-8-13(11)12;;/h2*1-5,7-8H,9H2;1H2;/q2*-1;;+2. The Hall–Kier alpha value is -2.38. The molecule has 0 saturated carbocycles. The first-order valence-corrected chi connectivity index (χ1v) is 12.0. The van der Waals surface area contributed by atoms with Crippen LogP contribution in [0.3, 0.4) is 0 Å². The van der Waals surface area contributed by atoms with Gasteiger partial charge in [-0.3, -0.25) is 0 Å². The van der Waals surface area contributed by atoms with E-state index in [4.69, 9.17) is 0 Å². The fourth-order valence-electron chi connectivity index (χ4n) is 4.00. The molecule has 0 nitrogen and oxygen atoms in total. The monoisotopic (exact) mass is 524 g/mol. The van der Waals surface area contributed by atoms with Crippen molar-refractivity contribution >= 4 is 4.26 Å². The fourth-order valence-corrected chi connectivity index (χ4v) is 4.00. The van der Waals surface area contributed by atoms with Crippen molar-refractivity contribution in [2.75, 3.05) is 0 Å². The van der Waals surface area contributed by atoms with Crippen molar-refractivity contribution in [3.05, 3.63) is 119 Å². The van der Waals surface area contributed by atoms with Crippen LogP contribution in [-0.2, 0) is 36.7 Å². The largest absolute Gasteiger partial charge is 0.179 e. The van der Waals surface area contributed by atoms with Gasteiger partial charge in [0.1, 0.15) is 0 Å². The molecule has 0 saturated heterocycles. The molecule has 2 aliphatic carbocycles. The first kappa shape index (κ1) is 19.0. The van der Waals surface area contributed by atoms with E-state index in [1.54, 1.807) is 0 Å². The van der Waals surface area contributed by atoms with Gasteiger partial charge in [0.25, 0.3) is 0 Å². The van der Waals surface area contributed by atoms with Crippen LogP contribution in [0.4, 0.5) is 0 Å². The maximum atomic E-state index is 3.39. The van der Waals surface area contributed by atoms with Crippen molar-refractivity contribution < 1.29 is 23.9 Å². The van der Waals surface area contributed by atoms with Crippen LogP contribution in [0.25, 0.3) is 22.3 Å². The van der Waals surface area contributed by atoms with Crippen LogP contribution in [0.1, 0.15) is 22.3 Å². The summed E-state index contributed by atoms with van der Waals surface area (Å²) >= 11 is 1.06. The molecule has 0 unspecified atom stereocenters. The van der Waals surface area contributed by atoms with Crippen molar-refractivity contribution in [1.82, 2.24) is 0 Å². The van der Waals surface area contributed by atoms with Gasteiger partial charge in [-0.2, -0.15) is 59.7 Å². The molecule has 28 heavy (non-hydrogen) atoms. The molecule has 4 aromatic rings. The predicted octanol–water partition coefficient (Wildman–Crippen LogP) is 6.08. The van der Waals surface area contributed by atoms with E-state index >= 15 is 0 Å². The molecule has 1 heteroatoms. The van der Waals surface area contributed by atoms with Crippen molar-refractivity contribution in [3.8, 4) is 22.3 Å². The minimum atomic E-state index is 1.05. The summed E-state index contributed by atoms with van der Waals surface area (Å²) in [6, 6.07) is 36.2. The summed E-state index contributed by atoms with van der Waals surface area (Å²) in [6.45, 7) is 0. The first-order chi connectivity index (χ1) is 13.9. The summed E-state index contributed by atoms with van der Waals surface area (Å²) in [6.07, 6.45) is 2.10. The van der Waals surface area contributed by atoms with Crippen molar-refractivity contribution in [2.24, 2.45) is 0 Å². The Morgan fingerprint density at radius 3 is 1.39 bits per heavy atom. The average Bonchev–Trinajstić information content (AvgIpc) is 3.34. The molecule has 6 rings (SSSR count). The molecule has 0 spiro atoms. The third-order valence-electron chi connectivity index (χ3n) is 5.23. The number of fused-ring (bicyclic) bond motifs is 6. The summed E-state index contributed by atoms with van der Waals surface area (Å²) in [5.74, 6) is 0. The third-order valence-corrected chi connectivity index (χ3v) is 5.23. The Kier molecular flexibility index (Phi) is 5.92. The summed E-state index contributed by atoms with van der Waals surface area (Å²) in [4.78, 5) is 0. The third kappa shape index (κ3) is 3.64. The summed E-state index contributed by atoms with van der Waals surface area (Å²) in [7, 11) is 0. The number of hydrogen-bond acceptors (Lipinski definition) is 0. The van der Waals surface area contributed by atoms with Crippen LogP contribution in [0.5, 0.6) is 0 Å². The van der Waals surface area contributed by atoms with Crippen LogP contribution < -0.4 is 0 Å². The molecule has 0 bridgehead atoms. The SMILES string of the molecule is [CH2]=[Hf+2].[c-]1cccc2c1Cc1ccccc1-2.[c-]1cccc2c1Cc1ccccc1-2. The van der Waals surface area contributed by atoms with Crippen molar-refractivity contribution in [2.45, 2.75) is 12.8 Å². The van der Waals surface area contributed by atoms with Gasteiger partial charge in [-0.15, -0.1) is 11.1 Å². The van der Waals surface area contributed by atoms with Gasteiger partial charge in [-0.25, -0.2) is 0 Å². The summed E-state index contributed by atoms with van der Waals surface area (Å²) in [5.41, 5.74) is 11.0. The van der Waals surface area contributed by atoms with E-state index in [1.165, 1.54) is 44.5 Å². The maximum absolute atomic E-state index is 3.39. The number of hydrogen-bond donors (Lipinski definition) is 0. The molecule has 0 aliphatic heterocycles. The molecule has 4 aromatic carbocycles. The van der Waals surface area contributed by atoms with Crippen LogP contribution in [0, 0.1) is 12.1 Å². The van der Waals surface area contributed by atoms with E-state index in [-0.39, 0.29) is 0 Å². The Bertz CT molecular complexity index is 934. The van der Waals surface area contributed by atoms with Crippen LogP contribution in [0.2, 0.25) is 0 Å². The van der Waals surface area contributed by atoms with Crippen molar-refractivity contribution in [3.63, 3.8) is 0 Å². The normalized spacial score (nSPS) is 11.6. The minimum absolute atomic E-state index is 1.05. The molecule has 132 valence electrons. The molecule has 0 aromatic heterocycles. The first-order valence-electron chi connectivity index (χ1n) is 9.41. The van der Waals surface area contributed by atoms with Gasteiger partial charge < -0.3 is 0 Å². The van der Waals surface area contributed by atoms with Gasteiger partial charge in [0, 0.05) is 0 Å². The quantitative estimate of drug-likeness (QED) is 0.167. The van der Waals surface area contributed by atoms with Crippen molar-refractivity contribution in [1.29, 1.82) is 0 Å². The van der Waals surface area contributed by atoms with Crippen LogP contribution in [0.15, 0.2) is 84.9 Å². The second-order valence-electron chi connectivity index (χ2n) is 6.79. The fraction of sp³-hybridized carbons (Fsp3) is 0.0741. The van der Waals surface area contributed by atoms with E-state index in [1.807, 2.05) is 12.1 Å². The summed E-state index contributed by atoms with van der Waals surface area (Å²) in [5, 5.41) is 0. The smallest absolute Gasteiger partial charge is 0.0253 e. The van der Waals surface area contributed by atoms with Crippen LogP contribution in [-0.4, -0.2) is 4.26 Å². The van der Waals surface area contributed by atoms with Gasteiger partial charge in [0.2, 0.25) is 0 Å². The zero-order valence-corrected chi connectivity index (χ0v) is 19.3. The molecule has 0 fully saturated rings. The number of benzene rings is 4.